The molecule has 2 rings (SSSR count). The van der Waals surface area contributed by atoms with E-state index in [0.29, 0.717) is 0 Å². The fraction of sp³-hybridized carbons (Fsp3) is 0.333. The van der Waals surface area contributed by atoms with E-state index >= 15 is 0 Å². The molecule has 0 amide bonds. The summed E-state index contributed by atoms with van der Waals surface area (Å²) >= 11 is 3.26. The first-order valence-electron chi connectivity index (χ1n) is 4.30. The van der Waals surface area contributed by atoms with E-state index in [1.54, 1.807) is 22.7 Å². The van der Waals surface area contributed by atoms with E-state index in [-0.39, 0.29) is 6.04 Å². The number of aryl methyl sites for hydroxylation is 1. The van der Waals surface area contributed by atoms with Crippen molar-refractivity contribution in [2.75, 3.05) is 0 Å². The Bertz CT molecular complexity index is 394. The topological polar surface area (TPSA) is 51.8 Å². The predicted octanol–water partition coefficient (Wildman–Crippen LogP) is 2.15. The molecule has 0 saturated heterocycles. The summed E-state index contributed by atoms with van der Waals surface area (Å²) < 4.78 is 0. The van der Waals surface area contributed by atoms with Crippen LogP contribution in [-0.4, -0.2) is 9.97 Å². The smallest absolute Gasteiger partial charge is 0.0897 e. The number of hydrogen-bond acceptors (Lipinski definition) is 5. The molecular formula is C9H11N3S2. The molecule has 3 nitrogen and oxygen atoms in total. The van der Waals surface area contributed by atoms with Gasteiger partial charge in [-0.15, -0.1) is 22.7 Å². The summed E-state index contributed by atoms with van der Waals surface area (Å²) in [6.07, 6.45) is 2.63. The van der Waals surface area contributed by atoms with Crippen LogP contribution in [0, 0.1) is 6.92 Å². The lowest BCUT2D eigenvalue weighted by Gasteiger charge is -2.05. The zero-order valence-corrected chi connectivity index (χ0v) is 9.44. The monoisotopic (exact) mass is 225 g/mol. The van der Waals surface area contributed by atoms with Crippen LogP contribution in [0.15, 0.2) is 17.1 Å². The minimum Gasteiger partial charge on any atom is -0.323 e. The number of nitrogens with zero attached hydrogens (tertiary/aromatic N) is 2. The summed E-state index contributed by atoms with van der Waals surface area (Å²) in [4.78, 5) is 9.52. The second kappa shape index (κ2) is 4.16. The van der Waals surface area contributed by atoms with E-state index in [0.717, 1.165) is 22.0 Å². The number of aromatic nitrogens is 2. The number of thiazole rings is 2. The molecule has 0 aliphatic carbocycles. The van der Waals surface area contributed by atoms with Crippen molar-refractivity contribution in [3.8, 4) is 0 Å². The van der Waals surface area contributed by atoms with Crippen molar-refractivity contribution in [3.63, 3.8) is 0 Å². The highest BCUT2D eigenvalue weighted by molar-refractivity contribution is 7.10. The standard InChI is InChI=1S/C9H11N3S2/c1-6-12-7(4-13-6)2-8(10)9-3-11-5-14-9/h3-5,8H,2,10H2,1H3. The van der Waals surface area contributed by atoms with Crippen molar-refractivity contribution in [1.29, 1.82) is 0 Å². The van der Waals surface area contributed by atoms with Gasteiger partial charge in [-0.3, -0.25) is 4.98 Å². The molecule has 0 aromatic carbocycles. The summed E-state index contributed by atoms with van der Waals surface area (Å²) in [6.45, 7) is 2.01. The molecule has 2 N–H and O–H groups in total. The number of nitrogens with two attached hydrogens (primary N) is 1. The first kappa shape index (κ1) is 9.76. The van der Waals surface area contributed by atoms with Crippen molar-refractivity contribution in [1.82, 2.24) is 9.97 Å². The SMILES string of the molecule is Cc1nc(CC(N)c2cncs2)cs1. The molecule has 74 valence electrons. The van der Waals surface area contributed by atoms with Crippen LogP contribution in [0.4, 0.5) is 0 Å². The maximum absolute atomic E-state index is 6.02. The Labute approximate surface area is 90.6 Å². The predicted molar refractivity (Wildman–Crippen MR) is 59.6 cm³/mol. The molecule has 1 atom stereocenters. The molecular weight excluding hydrogens is 214 g/mol. The van der Waals surface area contributed by atoms with E-state index in [9.17, 15) is 0 Å². The molecule has 0 bridgehead atoms. The summed E-state index contributed by atoms with van der Waals surface area (Å²) in [5.41, 5.74) is 8.90. The van der Waals surface area contributed by atoms with Crippen molar-refractivity contribution in [2.24, 2.45) is 5.73 Å². The molecule has 0 aliphatic rings. The molecule has 1 unspecified atom stereocenters. The third-order valence-electron chi connectivity index (χ3n) is 1.91. The highest BCUT2D eigenvalue weighted by Crippen LogP contribution is 2.20. The van der Waals surface area contributed by atoms with E-state index in [1.807, 2.05) is 18.6 Å². The van der Waals surface area contributed by atoms with Crippen LogP contribution in [0.25, 0.3) is 0 Å². The fourth-order valence-electron chi connectivity index (χ4n) is 1.24. The highest BCUT2D eigenvalue weighted by atomic mass is 32.1. The molecule has 0 radical (unpaired) electrons. The normalized spacial score (nSPS) is 13.0. The average molecular weight is 225 g/mol. The second-order valence-electron chi connectivity index (χ2n) is 3.07. The molecule has 0 fully saturated rings. The van der Waals surface area contributed by atoms with Crippen molar-refractivity contribution >= 4 is 22.7 Å². The van der Waals surface area contributed by atoms with Gasteiger partial charge in [0.05, 0.1) is 16.2 Å². The third-order valence-corrected chi connectivity index (χ3v) is 3.64. The Hall–Kier alpha value is -0.780. The summed E-state index contributed by atoms with van der Waals surface area (Å²) in [6, 6.07) is 0.0315. The van der Waals surface area contributed by atoms with Crippen LogP contribution >= 0.6 is 22.7 Å². The molecule has 2 aromatic heterocycles. The molecule has 0 aliphatic heterocycles. The van der Waals surface area contributed by atoms with Crippen molar-refractivity contribution < 1.29 is 0 Å². The van der Waals surface area contributed by atoms with E-state index in [2.05, 4.69) is 15.3 Å². The van der Waals surface area contributed by atoms with Crippen molar-refractivity contribution in [3.05, 3.63) is 32.7 Å². The fourth-order valence-corrected chi connectivity index (χ4v) is 2.49. The minimum atomic E-state index is 0.0315. The Morgan fingerprint density at radius 1 is 1.50 bits per heavy atom. The van der Waals surface area contributed by atoms with Gasteiger partial charge in [0.25, 0.3) is 0 Å². The average Bonchev–Trinajstić information content (AvgIpc) is 2.75. The van der Waals surface area contributed by atoms with Crippen molar-refractivity contribution in [2.45, 2.75) is 19.4 Å². The first-order valence-corrected chi connectivity index (χ1v) is 6.06. The number of hydrogen-bond donors (Lipinski definition) is 1. The molecule has 0 saturated carbocycles. The molecule has 5 heteroatoms. The van der Waals surface area contributed by atoms with Gasteiger partial charge >= 0.3 is 0 Å². The van der Waals surface area contributed by atoms with Gasteiger partial charge in [0, 0.05) is 28.9 Å². The van der Waals surface area contributed by atoms with Gasteiger partial charge in [-0.1, -0.05) is 0 Å². The van der Waals surface area contributed by atoms with Gasteiger partial charge in [0.15, 0.2) is 0 Å². The maximum Gasteiger partial charge on any atom is 0.0897 e. The molecule has 2 heterocycles. The zero-order chi connectivity index (χ0) is 9.97. The van der Waals surface area contributed by atoms with Gasteiger partial charge in [-0.25, -0.2) is 4.98 Å². The van der Waals surface area contributed by atoms with E-state index in [4.69, 9.17) is 5.73 Å². The number of rotatable bonds is 3. The van der Waals surface area contributed by atoms with Gasteiger partial charge in [0.2, 0.25) is 0 Å². The van der Waals surface area contributed by atoms with Crippen LogP contribution in [0.5, 0.6) is 0 Å². The van der Waals surface area contributed by atoms with Crippen LogP contribution < -0.4 is 5.73 Å². The quantitative estimate of drug-likeness (QED) is 0.870. The van der Waals surface area contributed by atoms with Crippen LogP contribution in [0.3, 0.4) is 0 Å². The Balaban J connectivity index is 2.05. The van der Waals surface area contributed by atoms with Gasteiger partial charge in [-0.2, -0.15) is 0 Å². The third kappa shape index (κ3) is 2.17. The lowest BCUT2D eigenvalue weighted by atomic mass is 10.1. The Morgan fingerprint density at radius 3 is 2.93 bits per heavy atom. The largest absolute Gasteiger partial charge is 0.323 e. The van der Waals surface area contributed by atoms with Gasteiger partial charge in [0.1, 0.15) is 0 Å². The minimum absolute atomic E-state index is 0.0315. The summed E-state index contributed by atoms with van der Waals surface area (Å²) in [7, 11) is 0. The molecule has 14 heavy (non-hydrogen) atoms. The van der Waals surface area contributed by atoms with E-state index in [1.165, 1.54) is 0 Å². The lowest BCUT2D eigenvalue weighted by Crippen LogP contribution is -2.11. The van der Waals surface area contributed by atoms with Gasteiger partial charge in [-0.05, 0) is 6.92 Å². The highest BCUT2D eigenvalue weighted by Gasteiger charge is 2.10. The molecule has 2 aromatic rings. The van der Waals surface area contributed by atoms with Crippen LogP contribution in [0.1, 0.15) is 21.6 Å². The first-order chi connectivity index (χ1) is 6.75. The van der Waals surface area contributed by atoms with Crippen LogP contribution in [0.2, 0.25) is 0 Å². The Kier molecular flexibility index (Phi) is 2.90. The zero-order valence-electron chi connectivity index (χ0n) is 7.80. The lowest BCUT2D eigenvalue weighted by molar-refractivity contribution is 0.720. The summed E-state index contributed by atoms with van der Waals surface area (Å²) in [5.74, 6) is 0. The van der Waals surface area contributed by atoms with Gasteiger partial charge < -0.3 is 5.73 Å². The van der Waals surface area contributed by atoms with E-state index < -0.39 is 0 Å². The molecule has 0 spiro atoms. The Morgan fingerprint density at radius 2 is 2.36 bits per heavy atom. The summed E-state index contributed by atoms with van der Waals surface area (Å²) in [5, 5.41) is 3.16. The van der Waals surface area contributed by atoms with Crippen LogP contribution in [-0.2, 0) is 6.42 Å². The second-order valence-corrected chi connectivity index (χ2v) is 5.05. The maximum atomic E-state index is 6.02.